The molecule has 0 saturated carbocycles. The van der Waals surface area contributed by atoms with Gasteiger partial charge in [-0.2, -0.15) is 13.2 Å². The Hall–Kier alpha value is -3.03. The van der Waals surface area contributed by atoms with Crippen molar-refractivity contribution in [2.45, 2.75) is 19.1 Å². The van der Waals surface area contributed by atoms with Gasteiger partial charge in [-0.05, 0) is 42.3 Å². The maximum absolute atomic E-state index is 13.9. The molecule has 0 atom stereocenters. The van der Waals surface area contributed by atoms with Gasteiger partial charge < -0.3 is 0 Å². The molecule has 0 bridgehead atoms. The van der Waals surface area contributed by atoms with Crippen LogP contribution in [0.5, 0.6) is 0 Å². The van der Waals surface area contributed by atoms with E-state index < -0.39 is 28.9 Å². The second-order valence-electron chi connectivity index (χ2n) is 6.18. The van der Waals surface area contributed by atoms with Crippen molar-refractivity contribution in [2.75, 3.05) is 0 Å². The Morgan fingerprint density at radius 3 is 2.63 bits per heavy atom. The van der Waals surface area contributed by atoms with Crippen molar-refractivity contribution in [3.8, 4) is 0 Å². The number of fused-ring (bicyclic) bond motifs is 2. The standard InChI is InChI=1S/C19H11F5N2O/c20-14-3-1-2-10(16(14)21)8-11-6-7-26-17(11)25-15-9-12(19(22,23)24)4-5-13(15)18(26)27/h1-5,8-9H,6-7H2/b11-8-. The van der Waals surface area contributed by atoms with E-state index in [1.54, 1.807) is 0 Å². The summed E-state index contributed by atoms with van der Waals surface area (Å²) >= 11 is 0. The van der Waals surface area contributed by atoms with Crippen LogP contribution in [0.2, 0.25) is 0 Å². The molecule has 0 spiro atoms. The molecule has 3 aromatic rings. The average molecular weight is 378 g/mol. The van der Waals surface area contributed by atoms with Gasteiger partial charge in [-0.15, -0.1) is 0 Å². The molecule has 0 amide bonds. The average Bonchev–Trinajstić information content (AvgIpc) is 3.01. The van der Waals surface area contributed by atoms with Crippen LogP contribution in [-0.4, -0.2) is 9.55 Å². The summed E-state index contributed by atoms with van der Waals surface area (Å²) in [7, 11) is 0. The van der Waals surface area contributed by atoms with Crippen molar-refractivity contribution < 1.29 is 22.0 Å². The van der Waals surface area contributed by atoms with Gasteiger partial charge in [0.25, 0.3) is 5.56 Å². The van der Waals surface area contributed by atoms with Gasteiger partial charge in [0.1, 0.15) is 5.82 Å². The summed E-state index contributed by atoms with van der Waals surface area (Å²) < 4.78 is 67.5. The number of aromatic nitrogens is 2. The van der Waals surface area contributed by atoms with Crippen LogP contribution in [0.1, 0.15) is 23.4 Å². The first-order valence-corrected chi connectivity index (χ1v) is 8.02. The summed E-state index contributed by atoms with van der Waals surface area (Å²) in [5, 5.41) is 0.0740. The van der Waals surface area contributed by atoms with E-state index in [4.69, 9.17) is 0 Å². The summed E-state index contributed by atoms with van der Waals surface area (Å²) in [6.45, 7) is 0.265. The minimum Gasteiger partial charge on any atom is -0.292 e. The zero-order chi connectivity index (χ0) is 19.3. The number of rotatable bonds is 1. The minimum atomic E-state index is -4.56. The molecular formula is C19H11F5N2O. The van der Waals surface area contributed by atoms with E-state index in [2.05, 4.69) is 4.98 Å². The summed E-state index contributed by atoms with van der Waals surface area (Å²) in [5.41, 5.74) is -1.03. The van der Waals surface area contributed by atoms with Gasteiger partial charge in [0, 0.05) is 12.1 Å². The van der Waals surface area contributed by atoms with Gasteiger partial charge >= 0.3 is 6.18 Å². The molecule has 2 aromatic carbocycles. The number of allylic oxidation sites excluding steroid dienone is 1. The predicted octanol–water partition coefficient (Wildman–Crippen LogP) is 4.64. The summed E-state index contributed by atoms with van der Waals surface area (Å²) in [5.74, 6) is -1.89. The van der Waals surface area contributed by atoms with Crippen LogP contribution < -0.4 is 5.56 Å². The van der Waals surface area contributed by atoms with Crippen LogP contribution in [0, 0.1) is 11.6 Å². The summed E-state index contributed by atoms with van der Waals surface area (Å²) in [6.07, 6.45) is -2.86. The fraction of sp³-hybridized carbons (Fsp3) is 0.158. The van der Waals surface area contributed by atoms with Gasteiger partial charge in [0.2, 0.25) is 0 Å². The third-order valence-electron chi connectivity index (χ3n) is 4.49. The number of benzene rings is 2. The highest BCUT2D eigenvalue weighted by Gasteiger charge is 2.31. The fourth-order valence-corrected chi connectivity index (χ4v) is 3.15. The molecule has 1 aromatic heterocycles. The van der Waals surface area contributed by atoms with E-state index in [0.29, 0.717) is 12.0 Å². The first kappa shape index (κ1) is 17.4. The highest BCUT2D eigenvalue weighted by atomic mass is 19.4. The molecule has 0 fully saturated rings. The number of hydrogen-bond acceptors (Lipinski definition) is 2. The van der Waals surface area contributed by atoms with Gasteiger partial charge in [-0.3, -0.25) is 9.36 Å². The van der Waals surface area contributed by atoms with Crippen molar-refractivity contribution in [3.05, 3.63) is 75.3 Å². The van der Waals surface area contributed by atoms with Crippen LogP contribution in [0.15, 0.2) is 41.2 Å². The van der Waals surface area contributed by atoms with E-state index in [9.17, 15) is 26.7 Å². The summed E-state index contributed by atoms with van der Waals surface area (Å²) in [4.78, 5) is 16.8. The van der Waals surface area contributed by atoms with Crippen molar-refractivity contribution in [2.24, 2.45) is 0 Å². The normalized spacial score (nSPS) is 15.5. The van der Waals surface area contributed by atoms with Gasteiger partial charge in [0.15, 0.2) is 11.6 Å². The van der Waals surface area contributed by atoms with Crippen LogP contribution in [0.4, 0.5) is 22.0 Å². The molecule has 3 nitrogen and oxygen atoms in total. The SMILES string of the molecule is O=c1c2ccc(C(F)(F)F)cc2nc2n1CC/C2=C/c1cccc(F)c1F. The van der Waals surface area contributed by atoms with Crippen molar-refractivity contribution >= 4 is 22.6 Å². The molecule has 0 aliphatic carbocycles. The van der Waals surface area contributed by atoms with Crippen molar-refractivity contribution in [3.63, 3.8) is 0 Å². The largest absolute Gasteiger partial charge is 0.416 e. The topological polar surface area (TPSA) is 34.9 Å². The highest BCUT2D eigenvalue weighted by Crippen LogP contribution is 2.32. The van der Waals surface area contributed by atoms with E-state index >= 15 is 0 Å². The Balaban J connectivity index is 1.91. The van der Waals surface area contributed by atoms with Crippen molar-refractivity contribution in [1.29, 1.82) is 0 Å². The second kappa shape index (κ2) is 6.00. The molecule has 0 N–H and O–H groups in total. The first-order chi connectivity index (χ1) is 12.8. The maximum Gasteiger partial charge on any atom is 0.416 e. The Bertz CT molecular complexity index is 1160. The van der Waals surface area contributed by atoms with E-state index in [1.807, 2.05) is 0 Å². The van der Waals surface area contributed by atoms with Crippen LogP contribution in [-0.2, 0) is 12.7 Å². The van der Waals surface area contributed by atoms with Gasteiger partial charge in [0.05, 0.1) is 16.5 Å². The number of halogens is 5. The molecule has 1 aliphatic rings. The van der Waals surface area contributed by atoms with Crippen LogP contribution in [0.3, 0.4) is 0 Å². The third kappa shape index (κ3) is 2.90. The number of alkyl halides is 3. The molecule has 1 aliphatic heterocycles. The van der Waals surface area contributed by atoms with E-state index in [1.165, 1.54) is 22.8 Å². The molecule has 0 radical (unpaired) electrons. The zero-order valence-electron chi connectivity index (χ0n) is 13.6. The lowest BCUT2D eigenvalue weighted by Crippen LogP contribution is -2.21. The van der Waals surface area contributed by atoms with Crippen LogP contribution >= 0.6 is 0 Å². The predicted molar refractivity (Wildman–Crippen MR) is 89.9 cm³/mol. The number of nitrogens with zero attached hydrogens (tertiary/aromatic N) is 2. The quantitative estimate of drug-likeness (QED) is 0.579. The Labute approximate surface area is 149 Å². The monoisotopic (exact) mass is 378 g/mol. The molecule has 8 heteroatoms. The first-order valence-electron chi connectivity index (χ1n) is 8.02. The number of hydrogen-bond donors (Lipinski definition) is 0. The molecule has 0 unspecified atom stereocenters. The maximum atomic E-state index is 13.9. The van der Waals surface area contributed by atoms with E-state index in [-0.39, 0.29) is 28.8 Å². The fourth-order valence-electron chi connectivity index (χ4n) is 3.15. The Morgan fingerprint density at radius 1 is 1.11 bits per heavy atom. The lowest BCUT2D eigenvalue weighted by molar-refractivity contribution is -0.137. The third-order valence-corrected chi connectivity index (χ3v) is 4.49. The second-order valence-corrected chi connectivity index (χ2v) is 6.18. The minimum absolute atomic E-state index is 0.0168. The molecule has 4 rings (SSSR count). The molecule has 2 heterocycles. The molecule has 138 valence electrons. The van der Waals surface area contributed by atoms with Crippen molar-refractivity contribution in [1.82, 2.24) is 9.55 Å². The van der Waals surface area contributed by atoms with Crippen LogP contribution in [0.25, 0.3) is 22.6 Å². The van der Waals surface area contributed by atoms with Gasteiger partial charge in [-0.1, -0.05) is 12.1 Å². The summed E-state index contributed by atoms with van der Waals surface area (Å²) in [6, 6.07) is 6.46. The van der Waals surface area contributed by atoms with E-state index in [0.717, 1.165) is 24.3 Å². The lowest BCUT2D eigenvalue weighted by Gasteiger charge is -2.09. The lowest BCUT2D eigenvalue weighted by atomic mass is 10.1. The molecular weight excluding hydrogens is 367 g/mol. The Morgan fingerprint density at radius 2 is 1.89 bits per heavy atom. The molecule has 0 saturated heterocycles. The Kier molecular flexibility index (Phi) is 3.87. The zero-order valence-corrected chi connectivity index (χ0v) is 13.6. The van der Waals surface area contributed by atoms with Gasteiger partial charge in [-0.25, -0.2) is 13.8 Å². The highest BCUT2D eigenvalue weighted by molar-refractivity contribution is 5.85. The smallest absolute Gasteiger partial charge is 0.292 e. The molecule has 27 heavy (non-hydrogen) atoms.